The van der Waals surface area contributed by atoms with Crippen LogP contribution in [0.1, 0.15) is 32.3 Å². The van der Waals surface area contributed by atoms with Crippen LogP contribution in [0.5, 0.6) is 0 Å². The van der Waals surface area contributed by atoms with E-state index in [9.17, 15) is 0 Å². The molecule has 0 radical (unpaired) electrons. The lowest BCUT2D eigenvalue weighted by atomic mass is 10.1. The zero-order valence-electron chi connectivity index (χ0n) is 9.59. The van der Waals surface area contributed by atoms with E-state index in [4.69, 9.17) is 0 Å². The highest BCUT2D eigenvalue weighted by Crippen LogP contribution is 2.13. The molecule has 0 amide bonds. The lowest BCUT2D eigenvalue weighted by Crippen LogP contribution is -2.27. The van der Waals surface area contributed by atoms with Crippen LogP contribution in [-0.4, -0.2) is 12.6 Å². The maximum atomic E-state index is 3.51. The fourth-order valence-electron chi connectivity index (χ4n) is 1.57. The van der Waals surface area contributed by atoms with Crippen LogP contribution in [0.25, 0.3) is 0 Å². The molecule has 1 aromatic carbocycles. The predicted molar refractivity (Wildman–Crippen MR) is 70.2 cm³/mol. The number of halogens is 1. The minimum atomic E-state index is 0.615. The van der Waals surface area contributed by atoms with Gasteiger partial charge in [-0.3, -0.25) is 0 Å². The monoisotopic (exact) mass is 269 g/mol. The van der Waals surface area contributed by atoms with E-state index in [1.807, 2.05) is 0 Å². The van der Waals surface area contributed by atoms with Crippen molar-refractivity contribution in [2.75, 3.05) is 6.54 Å². The summed E-state index contributed by atoms with van der Waals surface area (Å²) in [6.45, 7) is 5.58. The minimum Gasteiger partial charge on any atom is -0.314 e. The maximum absolute atomic E-state index is 3.51. The van der Waals surface area contributed by atoms with E-state index < -0.39 is 0 Å². The van der Waals surface area contributed by atoms with Gasteiger partial charge in [-0.2, -0.15) is 0 Å². The van der Waals surface area contributed by atoms with Crippen molar-refractivity contribution in [3.05, 3.63) is 34.3 Å². The molecule has 0 aliphatic rings. The molecule has 1 unspecified atom stereocenters. The van der Waals surface area contributed by atoms with Crippen LogP contribution < -0.4 is 5.32 Å². The molecular formula is C13H20BrN. The van der Waals surface area contributed by atoms with E-state index in [-0.39, 0.29) is 0 Å². The fraction of sp³-hybridized carbons (Fsp3) is 0.538. The molecule has 0 saturated carbocycles. The van der Waals surface area contributed by atoms with Gasteiger partial charge in [-0.05, 0) is 50.4 Å². The topological polar surface area (TPSA) is 12.0 Å². The molecule has 0 saturated heterocycles. The average molecular weight is 270 g/mol. The van der Waals surface area contributed by atoms with Crippen LogP contribution in [-0.2, 0) is 6.42 Å². The number of nitrogens with one attached hydrogen (secondary N) is 1. The third kappa shape index (κ3) is 5.33. The van der Waals surface area contributed by atoms with E-state index in [1.165, 1.54) is 22.9 Å². The van der Waals surface area contributed by atoms with E-state index in [1.54, 1.807) is 0 Å². The van der Waals surface area contributed by atoms with E-state index in [0.717, 1.165) is 13.0 Å². The molecule has 0 aliphatic carbocycles. The van der Waals surface area contributed by atoms with Gasteiger partial charge in [0.1, 0.15) is 0 Å². The van der Waals surface area contributed by atoms with E-state index in [0.29, 0.717) is 6.04 Å². The Balaban J connectivity index is 2.30. The predicted octanol–water partition coefficient (Wildman–Crippen LogP) is 3.77. The van der Waals surface area contributed by atoms with Crippen LogP contribution in [0.15, 0.2) is 28.7 Å². The molecule has 84 valence electrons. The highest BCUT2D eigenvalue weighted by atomic mass is 79.9. The van der Waals surface area contributed by atoms with Crippen molar-refractivity contribution >= 4 is 15.9 Å². The summed E-state index contributed by atoms with van der Waals surface area (Å²) >= 11 is 3.50. The lowest BCUT2D eigenvalue weighted by molar-refractivity contribution is 0.514. The Hall–Kier alpha value is -0.340. The van der Waals surface area contributed by atoms with Crippen LogP contribution in [0.4, 0.5) is 0 Å². The summed E-state index contributed by atoms with van der Waals surface area (Å²) in [5.41, 5.74) is 1.41. The normalized spacial score (nSPS) is 12.7. The third-order valence-electron chi connectivity index (χ3n) is 2.50. The van der Waals surface area contributed by atoms with Crippen molar-refractivity contribution in [1.29, 1.82) is 0 Å². The molecule has 0 spiro atoms. The summed E-state index contributed by atoms with van der Waals surface area (Å²) in [6, 6.07) is 9.18. The van der Waals surface area contributed by atoms with Crippen LogP contribution in [0, 0.1) is 0 Å². The Labute approximate surface area is 101 Å². The van der Waals surface area contributed by atoms with Gasteiger partial charge >= 0.3 is 0 Å². The standard InChI is InChI=1S/C13H20BrN/c1-3-9-15-11(2)7-8-12-5-4-6-13(14)10-12/h4-6,10-11,15H,3,7-9H2,1-2H3. The SMILES string of the molecule is CCCNC(C)CCc1cccc(Br)c1. The van der Waals surface area contributed by atoms with Crippen molar-refractivity contribution in [3.8, 4) is 0 Å². The highest BCUT2D eigenvalue weighted by Gasteiger charge is 2.01. The molecule has 15 heavy (non-hydrogen) atoms. The Morgan fingerprint density at radius 2 is 2.20 bits per heavy atom. The first-order valence-corrected chi connectivity index (χ1v) is 6.49. The Kier molecular flexibility index (Phi) is 5.96. The van der Waals surface area contributed by atoms with Crippen molar-refractivity contribution in [2.45, 2.75) is 39.2 Å². The molecule has 1 nitrogen and oxygen atoms in total. The van der Waals surface area contributed by atoms with Crippen molar-refractivity contribution in [1.82, 2.24) is 5.32 Å². The average Bonchev–Trinajstić information content (AvgIpc) is 2.23. The quantitative estimate of drug-likeness (QED) is 0.829. The second-order valence-corrected chi connectivity index (χ2v) is 4.94. The first-order valence-electron chi connectivity index (χ1n) is 5.70. The van der Waals surface area contributed by atoms with Gasteiger partial charge in [0.05, 0.1) is 0 Å². The number of benzene rings is 1. The first-order chi connectivity index (χ1) is 7.22. The first kappa shape index (κ1) is 12.7. The summed E-state index contributed by atoms with van der Waals surface area (Å²) in [4.78, 5) is 0. The molecule has 0 bridgehead atoms. The van der Waals surface area contributed by atoms with Crippen molar-refractivity contribution in [2.24, 2.45) is 0 Å². The smallest absolute Gasteiger partial charge is 0.0177 e. The van der Waals surface area contributed by atoms with Crippen LogP contribution in [0.3, 0.4) is 0 Å². The summed E-state index contributed by atoms with van der Waals surface area (Å²) in [6.07, 6.45) is 3.56. The summed E-state index contributed by atoms with van der Waals surface area (Å²) in [7, 11) is 0. The zero-order chi connectivity index (χ0) is 11.1. The fourth-order valence-corrected chi connectivity index (χ4v) is 2.02. The molecule has 0 aromatic heterocycles. The molecule has 1 rings (SSSR count). The third-order valence-corrected chi connectivity index (χ3v) is 2.99. The highest BCUT2D eigenvalue weighted by molar-refractivity contribution is 9.10. The van der Waals surface area contributed by atoms with E-state index >= 15 is 0 Å². The number of hydrogen-bond donors (Lipinski definition) is 1. The number of rotatable bonds is 6. The molecule has 1 atom stereocenters. The van der Waals surface area contributed by atoms with Gasteiger partial charge in [0.25, 0.3) is 0 Å². The maximum Gasteiger partial charge on any atom is 0.0177 e. The molecule has 1 N–H and O–H groups in total. The Morgan fingerprint density at radius 3 is 2.87 bits per heavy atom. The van der Waals surface area contributed by atoms with Gasteiger partial charge in [-0.1, -0.05) is 35.0 Å². The van der Waals surface area contributed by atoms with E-state index in [2.05, 4.69) is 59.4 Å². The second kappa shape index (κ2) is 7.02. The van der Waals surface area contributed by atoms with Gasteiger partial charge in [-0.15, -0.1) is 0 Å². The van der Waals surface area contributed by atoms with Gasteiger partial charge in [0, 0.05) is 10.5 Å². The van der Waals surface area contributed by atoms with Gasteiger partial charge < -0.3 is 5.32 Å². The molecule has 2 heteroatoms. The summed E-state index contributed by atoms with van der Waals surface area (Å²) in [5, 5.41) is 3.51. The molecular weight excluding hydrogens is 250 g/mol. The van der Waals surface area contributed by atoms with Crippen molar-refractivity contribution in [3.63, 3.8) is 0 Å². The molecule has 0 aliphatic heterocycles. The minimum absolute atomic E-state index is 0.615. The van der Waals surface area contributed by atoms with Crippen LogP contribution in [0.2, 0.25) is 0 Å². The summed E-state index contributed by atoms with van der Waals surface area (Å²) < 4.78 is 1.18. The van der Waals surface area contributed by atoms with Gasteiger partial charge in [0.2, 0.25) is 0 Å². The summed E-state index contributed by atoms with van der Waals surface area (Å²) in [5.74, 6) is 0. The molecule has 1 aromatic rings. The Bertz CT molecular complexity index is 286. The number of hydrogen-bond acceptors (Lipinski definition) is 1. The lowest BCUT2D eigenvalue weighted by Gasteiger charge is -2.12. The second-order valence-electron chi connectivity index (χ2n) is 4.02. The van der Waals surface area contributed by atoms with Crippen molar-refractivity contribution < 1.29 is 0 Å². The Morgan fingerprint density at radius 1 is 1.40 bits per heavy atom. The van der Waals surface area contributed by atoms with Gasteiger partial charge in [-0.25, -0.2) is 0 Å². The zero-order valence-corrected chi connectivity index (χ0v) is 11.2. The molecule has 0 heterocycles. The van der Waals surface area contributed by atoms with Gasteiger partial charge in [0.15, 0.2) is 0 Å². The largest absolute Gasteiger partial charge is 0.314 e. The molecule has 0 fully saturated rings. The van der Waals surface area contributed by atoms with Crippen LogP contribution >= 0.6 is 15.9 Å². The number of aryl methyl sites for hydroxylation is 1.